The van der Waals surface area contributed by atoms with Crippen LogP contribution in [0.2, 0.25) is 0 Å². The summed E-state index contributed by atoms with van der Waals surface area (Å²) in [6, 6.07) is 22.6. The number of aromatic nitrogens is 4. The summed E-state index contributed by atoms with van der Waals surface area (Å²) in [7, 11) is 1.66. The minimum absolute atomic E-state index is 0.724. The fourth-order valence-corrected chi connectivity index (χ4v) is 3.85. The average molecular weight is 398 g/mol. The second kappa shape index (κ2) is 7.22. The van der Waals surface area contributed by atoms with Gasteiger partial charge in [0.05, 0.1) is 18.1 Å². The highest BCUT2D eigenvalue weighted by Crippen LogP contribution is 2.31. The number of ether oxygens (including phenoxy) is 1. The van der Waals surface area contributed by atoms with Crippen molar-refractivity contribution in [3.8, 4) is 23.0 Å². The van der Waals surface area contributed by atoms with Crippen molar-refractivity contribution in [3.05, 3.63) is 72.9 Å². The highest BCUT2D eigenvalue weighted by atomic mass is 32.2. The van der Waals surface area contributed by atoms with E-state index in [1.54, 1.807) is 13.3 Å². The molecule has 0 saturated carbocycles. The third kappa shape index (κ3) is 3.11. The van der Waals surface area contributed by atoms with Crippen LogP contribution in [0.5, 0.6) is 5.75 Å². The van der Waals surface area contributed by atoms with Crippen LogP contribution < -0.4 is 4.74 Å². The molecule has 5 nitrogen and oxygen atoms in total. The van der Waals surface area contributed by atoms with Crippen molar-refractivity contribution in [2.24, 2.45) is 0 Å². The fourth-order valence-electron chi connectivity index (χ4n) is 3.50. The van der Waals surface area contributed by atoms with Gasteiger partial charge < -0.3 is 4.74 Å². The predicted octanol–water partition coefficient (Wildman–Crippen LogP) is 5.37. The van der Waals surface area contributed by atoms with Crippen molar-refractivity contribution in [1.82, 2.24) is 19.5 Å². The van der Waals surface area contributed by atoms with E-state index in [-0.39, 0.29) is 0 Å². The standard InChI is InChI=1S/C23H18N4OS/c1-28-18-9-10-20-19(14-18)25-22(27(20)21-11-12-24-23(26-21)29-2)17-8-7-15-5-3-4-6-16(15)13-17/h3-14H,1-2H3. The van der Waals surface area contributed by atoms with Crippen LogP contribution in [0, 0.1) is 0 Å². The van der Waals surface area contributed by atoms with Gasteiger partial charge >= 0.3 is 0 Å². The first-order valence-corrected chi connectivity index (χ1v) is 10.4. The van der Waals surface area contributed by atoms with Crippen molar-refractivity contribution in [1.29, 1.82) is 0 Å². The van der Waals surface area contributed by atoms with Gasteiger partial charge in [0.25, 0.3) is 0 Å². The molecule has 2 heterocycles. The number of benzene rings is 3. The Labute approximate surface area is 172 Å². The number of imidazole rings is 1. The van der Waals surface area contributed by atoms with E-state index in [9.17, 15) is 0 Å². The molecule has 0 saturated heterocycles. The summed E-state index contributed by atoms with van der Waals surface area (Å²) in [5, 5.41) is 3.10. The SMILES string of the molecule is COc1ccc2c(c1)nc(-c1ccc3ccccc3c1)n2-c1ccnc(SC)n1. The van der Waals surface area contributed by atoms with Gasteiger partial charge in [-0.3, -0.25) is 4.57 Å². The Morgan fingerprint density at radius 3 is 2.59 bits per heavy atom. The number of rotatable bonds is 4. The van der Waals surface area contributed by atoms with E-state index in [4.69, 9.17) is 14.7 Å². The molecule has 0 unspecified atom stereocenters. The average Bonchev–Trinajstić information content (AvgIpc) is 3.17. The summed E-state index contributed by atoms with van der Waals surface area (Å²) in [5.74, 6) is 2.41. The summed E-state index contributed by atoms with van der Waals surface area (Å²) in [4.78, 5) is 14.0. The maximum atomic E-state index is 5.40. The molecule has 5 aromatic rings. The molecule has 6 heteroatoms. The van der Waals surface area contributed by atoms with Crippen molar-refractivity contribution in [2.45, 2.75) is 5.16 Å². The van der Waals surface area contributed by atoms with Crippen LogP contribution >= 0.6 is 11.8 Å². The molecule has 0 N–H and O–H groups in total. The zero-order chi connectivity index (χ0) is 19.8. The lowest BCUT2D eigenvalue weighted by Gasteiger charge is -2.10. The molecule has 3 aromatic carbocycles. The lowest BCUT2D eigenvalue weighted by Crippen LogP contribution is -2.02. The molecule has 0 aliphatic heterocycles. The Balaban J connectivity index is 1.80. The molecule has 29 heavy (non-hydrogen) atoms. The van der Waals surface area contributed by atoms with E-state index in [0.717, 1.165) is 39.1 Å². The number of nitrogens with zero attached hydrogens (tertiary/aromatic N) is 4. The zero-order valence-corrected chi connectivity index (χ0v) is 16.9. The molecule has 0 amide bonds. The normalized spacial score (nSPS) is 11.2. The number of thioether (sulfide) groups is 1. The number of fused-ring (bicyclic) bond motifs is 2. The summed E-state index contributed by atoms with van der Waals surface area (Å²) in [6.07, 6.45) is 3.76. The van der Waals surface area contributed by atoms with E-state index < -0.39 is 0 Å². The van der Waals surface area contributed by atoms with Gasteiger partial charge in [-0.2, -0.15) is 0 Å². The van der Waals surface area contributed by atoms with Crippen LogP contribution in [0.25, 0.3) is 39.0 Å². The van der Waals surface area contributed by atoms with Gasteiger partial charge in [-0.1, -0.05) is 48.2 Å². The molecule has 0 radical (unpaired) electrons. The summed E-state index contributed by atoms with van der Waals surface area (Å²) < 4.78 is 7.48. The van der Waals surface area contributed by atoms with Crippen molar-refractivity contribution >= 4 is 33.6 Å². The van der Waals surface area contributed by atoms with Crippen LogP contribution in [-0.4, -0.2) is 32.9 Å². The Bertz CT molecular complexity index is 1350. The van der Waals surface area contributed by atoms with Crippen LogP contribution in [-0.2, 0) is 0 Å². The van der Waals surface area contributed by atoms with E-state index >= 15 is 0 Å². The third-order valence-corrected chi connectivity index (χ3v) is 5.46. The Kier molecular flexibility index (Phi) is 4.41. The molecule has 0 fully saturated rings. The molecular formula is C23H18N4OS. The van der Waals surface area contributed by atoms with Crippen molar-refractivity contribution in [3.63, 3.8) is 0 Å². The van der Waals surface area contributed by atoms with Gasteiger partial charge in [0.1, 0.15) is 17.4 Å². The van der Waals surface area contributed by atoms with Crippen molar-refractivity contribution in [2.75, 3.05) is 13.4 Å². The Hall–Kier alpha value is -3.38. The predicted molar refractivity (Wildman–Crippen MR) is 118 cm³/mol. The van der Waals surface area contributed by atoms with E-state index in [0.29, 0.717) is 0 Å². The Morgan fingerprint density at radius 1 is 0.897 bits per heavy atom. The smallest absolute Gasteiger partial charge is 0.189 e. The first-order chi connectivity index (χ1) is 14.3. The third-order valence-electron chi connectivity index (χ3n) is 4.90. The topological polar surface area (TPSA) is 52.8 Å². The number of hydrogen-bond donors (Lipinski definition) is 0. The molecule has 0 bridgehead atoms. The lowest BCUT2D eigenvalue weighted by molar-refractivity contribution is 0.415. The van der Waals surface area contributed by atoms with Crippen LogP contribution in [0.3, 0.4) is 0 Å². The van der Waals surface area contributed by atoms with Crippen LogP contribution in [0.15, 0.2) is 78.1 Å². The van der Waals surface area contributed by atoms with E-state index in [1.807, 2.05) is 36.6 Å². The maximum absolute atomic E-state index is 5.40. The maximum Gasteiger partial charge on any atom is 0.189 e. The highest BCUT2D eigenvalue weighted by Gasteiger charge is 2.17. The lowest BCUT2D eigenvalue weighted by atomic mass is 10.1. The Morgan fingerprint density at radius 2 is 1.76 bits per heavy atom. The second-order valence-electron chi connectivity index (χ2n) is 6.59. The monoisotopic (exact) mass is 398 g/mol. The minimum Gasteiger partial charge on any atom is -0.497 e. The van der Waals surface area contributed by atoms with Gasteiger partial charge in [-0.15, -0.1) is 0 Å². The largest absolute Gasteiger partial charge is 0.497 e. The number of hydrogen-bond acceptors (Lipinski definition) is 5. The van der Waals surface area contributed by atoms with Gasteiger partial charge in [0.15, 0.2) is 5.16 Å². The first-order valence-electron chi connectivity index (χ1n) is 9.20. The molecule has 5 rings (SSSR count). The number of methoxy groups -OCH3 is 1. The first kappa shape index (κ1) is 17.7. The summed E-state index contributed by atoms with van der Waals surface area (Å²) >= 11 is 1.52. The quantitative estimate of drug-likeness (QED) is 0.301. The fraction of sp³-hybridized carbons (Fsp3) is 0.0870. The molecule has 0 aliphatic rings. The molecular weight excluding hydrogens is 380 g/mol. The molecule has 2 aromatic heterocycles. The van der Waals surface area contributed by atoms with Gasteiger partial charge in [0.2, 0.25) is 0 Å². The van der Waals surface area contributed by atoms with Gasteiger partial charge in [-0.05, 0) is 41.3 Å². The highest BCUT2D eigenvalue weighted by molar-refractivity contribution is 7.98. The summed E-state index contributed by atoms with van der Waals surface area (Å²) in [6.45, 7) is 0. The summed E-state index contributed by atoms with van der Waals surface area (Å²) in [5.41, 5.74) is 2.86. The zero-order valence-electron chi connectivity index (χ0n) is 16.0. The van der Waals surface area contributed by atoms with Crippen LogP contribution in [0.4, 0.5) is 0 Å². The second-order valence-corrected chi connectivity index (χ2v) is 7.36. The molecule has 0 spiro atoms. The minimum atomic E-state index is 0.724. The molecule has 0 atom stereocenters. The van der Waals surface area contributed by atoms with E-state index in [2.05, 4.69) is 45.9 Å². The van der Waals surface area contributed by atoms with Gasteiger partial charge in [-0.25, -0.2) is 15.0 Å². The van der Waals surface area contributed by atoms with Gasteiger partial charge in [0, 0.05) is 17.8 Å². The molecule has 0 aliphatic carbocycles. The van der Waals surface area contributed by atoms with Crippen molar-refractivity contribution < 1.29 is 4.74 Å². The van der Waals surface area contributed by atoms with E-state index in [1.165, 1.54) is 22.5 Å². The van der Waals surface area contributed by atoms with Crippen LogP contribution in [0.1, 0.15) is 0 Å². The molecule has 142 valence electrons.